The Balaban J connectivity index is 0.000000122. The maximum absolute atomic E-state index is 2.24. The number of fused-ring (bicyclic) bond motifs is 3. The Morgan fingerprint density at radius 3 is 0.609 bits per heavy atom. The van der Waals surface area contributed by atoms with E-state index in [9.17, 15) is 0 Å². The second-order valence-corrected chi connectivity index (χ2v) is 22.3. The average molecular weight is 1170 g/mol. The van der Waals surface area contributed by atoms with Gasteiger partial charge in [-0.1, -0.05) is 370 Å². The first-order valence-corrected chi connectivity index (χ1v) is 31.7. The predicted molar refractivity (Wildman–Crippen MR) is 385 cm³/mol. The Kier molecular flexibility index (Phi) is 25.2. The molecule has 0 nitrogen and oxygen atoms in total. The fraction of sp³-hybridized carbons (Fsp3) is 0. The average Bonchev–Trinajstić information content (AvgIpc) is 4.68. The first kappa shape index (κ1) is 61.3. The summed E-state index contributed by atoms with van der Waals surface area (Å²) in [5.41, 5.74) is 10.1. The largest absolute Gasteiger partial charge is 0.152 e. The Bertz CT molecular complexity index is 3950. The van der Waals surface area contributed by atoms with Crippen LogP contribution < -0.4 is 0 Å². The predicted octanol–water partition coefficient (Wildman–Crippen LogP) is 25.5. The summed E-state index contributed by atoms with van der Waals surface area (Å²) in [6.45, 7) is 0. The molecule has 0 aliphatic rings. The summed E-state index contributed by atoms with van der Waals surface area (Å²) in [6, 6.07) is 134. The van der Waals surface area contributed by atoms with Crippen LogP contribution in [0.25, 0.3) is 86.6 Å². The number of benzene rings is 13. The molecular formula is C84H68S3. The highest BCUT2D eigenvalue weighted by molar-refractivity contribution is 7.20. The lowest BCUT2D eigenvalue weighted by molar-refractivity contribution is 1.59. The van der Waals surface area contributed by atoms with E-state index in [1.807, 2.05) is 89.6 Å². The molecule has 0 atom stereocenters. The molecule has 0 fully saturated rings. The van der Waals surface area contributed by atoms with Gasteiger partial charge >= 0.3 is 0 Å². The molecule has 0 saturated heterocycles. The molecule has 3 aromatic heterocycles. The van der Waals surface area contributed by atoms with Crippen molar-refractivity contribution in [3.8, 4) is 54.3 Å². The van der Waals surface area contributed by atoms with E-state index in [1.54, 1.807) is 34.0 Å². The fourth-order valence-electron chi connectivity index (χ4n) is 9.09. The van der Waals surface area contributed by atoms with Gasteiger partial charge in [-0.2, -0.15) is 11.3 Å². The van der Waals surface area contributed by atoms with Crippen LogP contribution in [0.5, 0.6) is 0 Å². The van der Waals surface area contributed by atoms with Crippen LogP contribution in [0, 0.1) is 0 Å². The topological polar surface area (TPSA) is 0 Å². The van der Waals surface area contributed by atoms with Gasteiger partial charge < -0.3 is 0 Å². The minimum atomic E-state index is 1.26. The molecule has 0 bridgehead atoms. The molecule has 0 saturated carbocycles. The third-order valence-corrected chi connectivity index (χ3v) is 16.1. The second kappa shape index (κ2) is 35.8. The van der Waals surface area contributed by atoms with Crippen molar-refractivity contribution in [3.05, 3.63) is 410 Å². The standard InChI is InChI=1S/C18H14.C16H12.C12H10.2C10H8.C8H6S2.C6H6.C4H4S/c1-3-7-15(8-4-1)17-11-13-18(14-12-17)16-9-5-2-6-10-16;1-2-6-13(7-3-1)16-11-10-14-8-4-5-9-15(14)12-16;1-3-7-11(8-4-1)12-9-5-2-6-10-12;2*1-2-6-10-8-4-3-7-9(10)5-1;1-3-7(9-5-1)8-4-2-6-10-8;1-2-4-6-5-3-1;1-2-4-5-3-1/h1-14H;1-12H;1-10H;2*1-8H;1-6H;1-6H;1-4H. The highest BCUT2D eigenvalue weighted by atomic mass is 32.1. The van der Waals surface area contributed by atoms with E-state index in [1.165, 1.54) is 86.6 Å². The van der Waals surface area contributed by atoms with Crippen molar-refractivity contribution in [1.29, 1.82) is 0 Å². The summed E-state index contributed by atoms with van der Waals surface area (Å²) in [5, 5.41) is 16.1. The van der Waals surface area contributed by atoms with Gasteiger partial charge in [0, 0.05) is 9.75 Å². The van der Waals surface area contributed by atoms with Gasteiger partial charge in [0.05, 0.1) is 0 Å². The molecule has 16 aromatic rings. The third-order valence-electron chi connectivity index (χ3n) is 13.5. The molecule has 3 heterocycles. The first-order chi connectivity index (χ1) is 43.2. The van der Waals surface area contributed by atoms with Crippen molar-refractivity contribution in [2.45, 2.75) is 0 Å². The molecular weight excluding hydrogens is 1110 g/mol. The van der Waals surface area contributed by atoms with Gasteiger partial charge in [-0.3, -0.25) is 0 Å². The van der Waals surface area contributed by atoms with E-state index in [4.69, 9.17) is 0 Å². The number of hydrogen-bond donors (Lipinski definition) is 0. The van der Waals surface area contributed by atoms with Gasteiger partial charge in [0.25, 0.3) is 0 Å². The van der Waals surface area contributed by atoms with Gasteiger partial charge in [-0.15, -0.1) is 22.7 Å². The van der Waals surface area contributed by atoms with E-state index >= 15 is 0 Å². The molecule has 87 heavy (non-hydrogen) atoms. The molecule has 0 aliphatic heterocycles. The molecule has 0 N–H and O–H groups in total. The minimum absolute atomic E-state index is 1.26. The SMILES string of the molecule is c1ccc(-c2ccc(-c3ccccc3)cc2)cc1.c1ccc(-c2ccc3ccccc3c2)cc1.c1ccc(-c2ccccc2)cc1.c1ccc2ccccc2c1.c1ccc2ccccc2c1.c1ccccc1.c1ccsc1.c1csc(-c2cccs2)c1. The Morgan fingerprint density at radius 1 is 0.138 bits per heavy atom. The number of rotatable bonds is 5. The van der Waals surface area contributed by atoms with Crippen molar-refractivity contribution >= 4 is 66.3 Å². The molecule has 13 aromatic carbocycles. The quantitative estimate of drug-likeness (QED) is 0.161. The molecule has 0 unspecified atom stereocenters. The molecule has 0 amide bonds. The molecule has 0 radical (unpaired) electrons. The number of hydrogen-bond acceptors (Lipinski definition) is 3. The lowest BCUT2D eigenvalue weighted by Crippen LogP contribution is -1.79. The molecule has 3 heteroatoms. The minimum Gasteiger partial charge on any atom is -0.152 e. The maximum atomic E-state index is 2.24. The van der Waals surface area contributed by atoms with Crippen molar-refractivity contribution < 1.29 is 0 Å². The van der Waals surface area contributed by atoms with Gasteiger partial charge in [-0.05, 0) is 117 Å². The summed E-state index contributed by atoms with van der Waals surface area (Å²) < 4.78 is 0. The van der Waals surface area contributed by atoms with Crippen molar-refractivity contribution in [2.24, 2.45) is 0 Å². The van der Waals surface area contributed by atoms with Gasteiger partial charge in [-0.25, -0.2) is 0 Å². The molecule has 0 spiro atoms. The lowest BCUT2D eigenvalue weighted by Gasteiger charge is -2.04. The van der Waals surface area contributed by atoms with E-state index in [2.05, 4.69) is 320 Å². The molecule has 422 valence electrons. The van der Waals surface area contributed by atoms with Crippen LogP contribution in [0.15, 0.2) is 410 Å². The van der Waals surface area contributed by atoms with Gasteiger partial charge in [0.2, 0.25) is 0 Å². The van der Waals surface area contributed by atoms with Crippen LogP contribution in [0.2, 0.25) is 0 Å². The van der Waals surface area contributed by atoms with E-state index < -0.39 is 0 Å². The van der Waals surface area contributed by atoms with Crippen molar-refractivity contribution in [1.82, 2.24) is 0 Å². The Morgan fingerprint density at radius 2 is 0.356 bits per heavy atom. The molecule has 16 rings (SSSR count). The van der Waals surface area contributed by atoms with Crippen LogP contribution in [-0.4, -0.2) is 0 Å². The second-order valence-electron chi connectivity index (χ2n) is 19.6. The monoisotopic (exact) mass is 1170 g/mol. The van der Waals surface area contributed by atoms with Crippen LogP contribution in [0.4, 0.5) is 0 Å². The van der Waals surface area contributed by atoms with Crippen molar-refractivity contribution in [2.75, 3.05) is 0 Å². The lowest BCUT2D eigenvalue weighted by atomic mass is 10.0. The molecule has 0 aliphatic carbocycles. The summed E-state index contributed by atoms with van der Waals surface area (Å²) in [5.74, 6) is 0. The smallest absolute Gasteiger partial charge is 0.0442 e. The van der Waals surface area contributed by atoms with Crippen molar-refractivity contribution in [3.63, 3.8) is 0 Å². The summed E-state index contributed by atoms with van der Waals surface area (Å²) in [7, 11) is 0. The first-order valence-electron chi connectivity index (χ1n) is 29.0. The highest BCUT2D eigenvalue weighted by Crippen LogP contribution is 2.29. The van der Waals surface area contributed by atoms with Crippen LogP contribution >= 0.6 is 34.0 Å². The Hall–Kier alpha value is -10.3. The van der Waals surface area contributed by atoms with Gasteiger partial charge in [0.1, 0.15) is 0 Å². The summed E-state index contributed by atoms with van der Waals surface area (Å²) in [6.07, 6.45) is 0. The number of thiophene rings is 3. The maximum Gasteiger partial charge on any atom is 0.0442 e. The van der Waals surface area contributed by atoms with E-state index in [0.29, 0.717) is 0 Å². The zero-order valence-corrected chi connectivity index (χ0v) is 50.9. The van der Waals surface area contributed by atoms with E-state index in [0.717, 1.165) is 0 Å². The Labute approximate surface area is 526 Å². The van der Waals surface area contributed by atoms with Crippen LogP contribution in [0.3, 0.4) is 0 Å². The van der Waals surface area contributed by atoms with Gasteiger partial charge in [0.15, 0.2) is 0 Å². The summed E-state index contributed by atoms with van der Waals surface area (Å²) in [4.78, 5) is 2.74. The zero-order chi connectivity index (χ0) is 59.4. The van der Waals surface area contributed by atoms with Crippen LogP contribution in [-0.2, 0) is 0 Å². The third kappa shape index (κ3) is 20.8. The van der Waals surface area contributed by atoms with Crippen LogP contribution in [0.1, 0.15) is 0 Å². The normalized spacial score (nSPS) is 9.84. The fourth-order valence-corrected chi connectivity index (χ4v) is 11.1. The zero-order valence-electron chi connectivity index (χ0n) is 48.5. The van der Waals surface area contributed by atoms with E-state index in [-0.39, 0.29) is 0 Å². The highest BCUT2D eigenvalue weighted by Gasteiger charge is 2.01. The summed E-state index contributed by atoms with van der Waals surface area (Å²) >= 11 is 5.30.